The van der Waals surface area contributed by atoms with E-state index in [0.29, 0.717) is 17.6 Å². The zero-order valence-corrected chi connectivity index (χ0v) is 12.0. The van der Waals surface area contributed by atoms with Crippen LogP contribution in [-0.4, -0.2) is 15.3 Å². The van der Waals surface area contributed by atoms with Gasteiger partial charge in [-0.2, -0.15) is 0 Å². The van der Waals surface area contributed by atoms with Gasteiger partial charge in [0.05, 0.1) is 16.6 Å². The van der Waals surface area contributed by atoms with Crippen molar-refractivity contribution in [2.75, 3.05) is 0 Å². The maximum absolute atomic E-state index is 13.6. The zero-order valence-electron chi connectivity index (χ0n) is 10.4. The van der Waals surface area contributed by atoms with Gasteiger partial charge >= 0.3 is 0 Å². The lowest BCUT2D eigenvalue weighted by molar-refractivity contribution is 0.0628. The molecule has 98 valence electrons. The molecular formula is C13H16BrFN2O. The lowest BCUT2D eigenvalue weighted by Crippen LogP contribution is -2.25. The molecule has 0 amide bonds. The number of hydrogen-bond donors (Lipinski definition) is 2. The molecule has 3 nitrogen and oxygen atoms in total. The van der Waals surface area contributed by atoms with Crippen LogP contribution in [0.4, 0.5) is 4.39 Å². The Morgan fingerprint density at radius 1 is 1.44 bits per heavy atom. The average Bonchev–Trinajstić information content (AvgIpc) is 2.55. The molecule has 0 bridgehead atoms. The molecule has 0 radical (unpaired) electrons. The first-order valence-corrected chi connectivity index (χ1v) is 6.50. The second-order valence-corrected chi connectivity index (χ2v) is 5.94. The molecule has 5 heteroatoms. The minimum atomic E-state index is -0.835. The molecule has 0 aliphatic heterocycles. The zero-order chi connectivity index (χ0) is 13.5. The summed E-state index contributed by atoms with van der Waals surface area (Å²) in [4.78, 5) is 0. The smallest absolute Gasteiger partial charge is 0.138 e. The van der Waals surface area contributed by atoms with Crippen LogP contribution in [0.5, 0.6) is 0 Å². The largest absolute Gasteiger partial charge is 0.389 e. The molecule has 18 heavy (non-hydrogen) atoms. The summed E-state index contributed by atoms with van der Waals surface area (Å²) >= 11 is 3.18. The maximum Gasteiger partial charge on any atom is 0.138 e. The molecular weight excluding hydrogens is 299 g/mol. The van der Waals surface area contributed by atoms with E-state index < -0.39 is 5.60 Å². The second kappa shape index (κ2) is 4.64. The van der Waals surface area contributed by atoms with Crippen molar-refractivity contribution in [1.29, 1.82) is 0 Å². The maximum atomic E-state index is 13.6. The van der Waals surface area contributed by atoms with Gasteiger partial charge in [-0.15, -0.1) is 0 Å². The summed E-state index contributed by atoms with van der Waals surface area (Å²) in [6.45, 7) is 4.25. The van der Waals surface area contributed by atoms with Gasteiger partial charge in [0.2, 0.25) is 0 Å². The standard InChI is InChI=1S/C13H16BrFN2O/c1-13(2,18)7-17-6-8(5-16)9-3-11(15)10(14)4-12(9)17/h3-4,6,18H,5,7,16H2,1-2H3. The fourth-order valence-electron chi connectivity index (χ4n) is 2.07. The van der Waals surface area contributed by atoms with E-state index in [9.17, 15) is 9.50 Å². The second-order valence-electron chi connectivity index (χ2n) is 5.08. The highest BCUT2D eigenvalue weighted by atomic mass is 79.9. The first-order valence-electron chi connectivity index (χ1n) is 5.71. The van der Waals surface area contributed by atoms with E-state index in [2.05, 4.69) is 15.9 Å². The molecule has 1 heterocycles. The molecule has 0 unspecified atom stereocenters. The van der Waals surface area contributed by atoms with Crippen LogP contribution in [0.15, 0.2) is 22.8 Å². The van der Waals surface area contributed by atoms with Crippen molar-refractivity contribution in [3.8, 4) is 0 Å². The third-order valence-corrected chi connectivity index (χ3v) is 3.39. The molecule has 0 spiro atoms. The van der Waals surface area contributed by atoms with Crippen LogP contribution in [0.25, 0.3) is 10.9 Å². The summed E-state index contributed by atoms with van der Waals surface area (Å²) in [5.74, 6) is -0.307. The van der Waals surface area contributed by atoms with E-state index in [0.717, 1.165) is 16.5 Å². The van der Waals surface area contributed by atoms with Gasteiger partial charge in [0, 0.05) is 23.6 Å². The predicted octanol–water partition coefficient (Wildman–Crippen LogP) is 2.77. The van der Waals surface area contributed by atoms with E-state index in [-0.39, 0.29) is 5.82 Å². The Morgan fingerprint density at radius 2 is 2.11 bits per heavy atom. The Labute approximate surface area is 114 Å². The number of fused-ring (bicyclic) bond motifs is 1. The Morgan fingerprint density at radius 3 is 2.67 bits per heavy atom. The van der Waals surface area contributed by atoms with E-state index in [1.54, 1.807) is 19.9 Å². The number of aliphatic hydroxyl groups is 1. The number of aromatic nitrogens is 1. The summed E-state index contributed by atoms with van der Waals surface area (Å²) in [7, 11) is 0. The number of nitrogens with zero attached hydrogens (tertiary/aromatic N) is 1. The lowest BCUT2D eigenvalue weighted by atomic mass is 10.1. The highest BCUT2D eigenvalue weighted by molar-refractivity contribution is 9.10. The SMILES string of the molecule is CC(C)(O)Cn1cc(CN)c2cc(F)c(Br)cc21. The number of rotatable bonds is 3. The molecule has 0 saturated carbocycles. The molecule has 0 aliphatic carbocycles. The van der Waals surface area contributed by atoms with Gasteiger partial charge in [0.15, 0.2) is 0 Å². The number of hydrogen-bond acceptors (Lipinski definition) is 2. The quantitative estimate of drug-likeness (QED) is 0.915. The topological polar surface area (TPSA) is 51.2 Å². The van der Waals surface area contributed by atoms with Crippen molar-refractivity contribution >= 4 is 26.8 Å². The van der Waals surface area contributed by atoms with Gasteiger partial charge < -0.3 is 15.4 Å². The lowest BCUT2D eigenvalue weighted by Gasteiger charge is -2.18. The first kappa shape index (κ1) is 13.5. The van der Waals surface area contributed by atoms with Crippen LogP contribution < -0.4 is 5.73 Å². The summed E-state index contributed by atoms with van der Waals surface area (Å²) in [6, 6.07) is 3.19. The van der Waals surface area contributed by atoms with Crippen LogP contribution in [0.3, 0.4) is 0 Å². The van der Waals surface area contributed by atoms with Gasteiger partial charge in [-0.1, -0.05) is 0 Å². The third kappa shape index (κ3) is 2.58. The van der Waals surface area contributed by atoms with E-state index in [1.807, 2.05) is 10.8 Å². The molecule has 0 aliphatic rings. The van der Waals surface area contributed by atoms with Gasteiger partial charge in [-0.05, 0) is 47.5 Å². The number of halogens is 2. The molecule has 1 aromatic heterocycles. The Hall–Kier alpha value is -0.910. The minimum absolute atomic E-state index is 0.307. The molecule has 2 aromatic rings. The van der Waals surface area contributed by atoms with E-state index >= 15 is 0 Å². The molecule has 3 N–H and O–H groups in total. The number of benzene rings is 1. The Balaban J connectivity index is 2.64. The van der Waals surface area contributed by atoms with Crippen molar-refractivity contribution in [3.05, 3.63) is 34.2 Å². The normalized spacial score (nSPS) is 12.3. The van der Waals surface area contributed by atoms with Crippen molar-refractivity contribution in [2.45, 2.75) is 32.5 Å². The fourth-order valence-corrected chi connectivity index (χ4v) is 2.40. The van der Waals surface area contributed by atoms with Crippen LogP contribution in [-0.2, 0) is 13.1 Å². The van der Waals surface area contributed by atoms with Crippen molar-refractivity contribution in [1.82, 2.24) is 4.57 Å². The Kier molecular flexibility index (Phi) is 3.49. The van der Waals surface area contributed by atoms with Crippen LogP contribution in [0.2, 0.25) is 0 Å². The summed E-state index contributed by atoms with van der Waals surface area (Å²) < 4.78 is 15.9. The monoisotopic (exact) mass is 314 g/mol. The van der Waals surface area contributed by atoms with Gasteiger partial charge in [-0.3, -0.25) is 0 Å². The predicted molar refractivity (Wildman–Crippen MR) is 73.8 cm³/mol. The molecule has 1 aromatic carbocycles. The van der Waals surface area contributed by atoms with Crippen molar-refractivity contribution in [3.63, 3.8) is 0 Å². The molecule has 0 atom stereocenters. The highest BCUT2D eigenvalue weighted by Gasteiger charge is 2.17. The molecule has 0 fully saturated rings. The van der Waals surface area contributed by atoms with Crippen LogP contribution in [0, 0.1) is 5.82 Å². The molecule has 2 rings (SSSR count). The summed E-state index contributed by atoms with van der Waals surface area (Å²) in [5, 5.41) is 10.7. The average molecular weight is 315 g/mol. The van der Waals surface area contributed by atoms with Crippen molar-refractivity contribution < 1.29 is 9.50 Å². The van der Waals surface area contributed by atoms with Crippen molar-refractivity contribution in [2.24, 2.45) is 5.73 Å². The summed E-state index contributed by atoms with van der Waals surface area (Å²) in [6.07, 6.45) is 1.87. The summed E-state index contributed by atoms with van der Waals surface area (Å²) in [5.41, 5.74) is 6.58. The van der Waals surface area contributed by atoms with Gasteiger partial charge in [0.25, 0.3) is 0 Å². The van der Waals surface area contributed by atoms with Crippen LogP contribution >= 0.6 is 15.9 Å². The molecule has 0 saturated heterocycles. The minimum Gasteiger partial charge on any atom is -0.389 e. The van der Waals surface area contributed by atoms with Crippen LogP contribution in [0.1, 0.15) is 19.4 Å². The number of nitrogens with two attached hydrogens (primary N) is 1. The Bertz CT molecular complexity index is 587. The van der Waals surface area contributed by atoms with Gasteiger partial charge in [-0.25, -0.2) is 4.39 Å². The first-order chi connectivity index (χ1) is 8.31. The van der Waals surface area contributed by atoms with Gasteiger partial charge in [0.1, 0.15) is 5.82 Å². The van der Waals surface area contributed by atoms with E-state index in [1.165, 1.54) is 6.07 Å². The third-order valence-electron chi connectivity index (χ3n) is 2.78. The highest BCUT2D eigenvalue weighted by Crippen LogP contribution is 2.28. The van der Waals surface area contributed by atoms with E-state index in [4.69, 9.17) is 5.73 Å². The fraction of sp³-hybridized carbons (Fsp3) is 0.385.